The summed E-state index contributed by atoms with van der Waals surface area (Å²) in [5.41, 5.74) is 18.7. The van der Waals surface area contributed by atoms with Crippen LogP contribution < -0.4 is 0 Å². The molecule has 0 amide bonds. The molecule has 0 N–H and O–H groups in total. The summed E-state index contributed by atoms with van der Waals surface area (Å²) in [6.07, 6.45) is 9.82. The predicted molar refractivity (Wildman–Crippen MR) is 231 cm³/mol. The monoisotopic (exact) mass is 715 g/mol. The third kappa shape index (κ3) is 5.32. The minimum absolute atomic E-state index is 0.500. The zero-order chi connectivity index (χ0) is 37.6. The van der Waals surface area contributed by atoms with Crippen molar-refractivity contribution < 1.29 is 0 Å². The van der Waals surface area contributed by atoms with Crippen LogP contribution in [0.3, 0.4) is 0 Å². The second-order valence-electron chi connectivity index (χ2n) is 14.5. The van der Waals surface area contributed by atoms with Crippen molar-refractivity contribution in [2.24, 2.45) is 0 Å². The van der Waals surface area contributed by atoms with Gasteiger partial charge in [0.05, 0.1) is 22.5 Å². The Morgan fingerprint density at radius 1 is 0.500 bits per heavy atom. The maximum Gasteiger partial charge on any atom is 0.159 e. The SMILES string of the molecule is C=C/C=C\C=C(/C)c1cc(-c2ccccc2)cc(-c2cccc(-c3ccc(-c4ncc5c(n4)C4(c6ccccc6-c6ccccc64)c4ccccc4-5)cc3)c2)n1. The van der Waals surface area contributed by atoms with E-state index in [1.165, 1.54) is 33.4 Å². The Morgan fingerprint density at radius 3 is 1.75 bits per heavy atom. The Hall–Kier alpha value is -7.23. The van der Waals surface area contributed by atoms with E-state index in [1.54, 1.807) is 6.08 Å². The second-order valence-corrected chi connectivity index (χ2v) is 14.5. The summed E-state index contributed by atoms with van der Waals surface area (Å²) in [6.45, 7) is 5.90. The first-order valence-corrected chi connectivity index (χ1v) is 19.1. The van der Waals surface area contributed by atoms with Crippen LogP contribution in [0.5, 0.6) is 0 Å². The molecule has 2 heterocycles. The fourth-order valence-electron chi connectivity index (χ4n) is 8.67. The molecule has 0 saturated heterocycles. The molecule has 0 atom stereocenters. The van der Waals surface area contributed by atoms with Crippen molar-refractivity contribution in [2.45, 2.75) is 12.3 Å². The summed E-state index contributed by atoms with van der Waals surface area (Å²) in [7, 11) is 0. The number of pyridine rings is 1. The average molecular weight is 716 g/mol. The molecule has 8 aromatic rings. The maximum atomic E-state index is 5.47. The molecule has 3 nitrogen and oxygen atoms in total. The third-order valence-electron chi connectivity index (χ3n) is 11.3. The number of benzene rings is 6. The number of rotatable bonds is 7. The van der Waals surface area contributed by atoms with Gasteiger partial charge in [0.1, 0.15) is 0 Å². The molecule has 1 spiro atoms. The van der Waals surface area contributed by atoms with Gasteiger partial charge in [-0.05, 0) is 86.3 Å². The lowest BCUT2D eigenvalue weighted by molar-refractivity contribution is 0.757. The van der Waals surface area contributed by atoms with Crippen molar-refractivity contribution in [3.8, 4) is 67.2 Å². The van der Waals surface area contributed by atoms with Crippen LogP contribution in [-0.4, -0.2) is 15.0 Å². The molecule has 0 bridgehead atoms. The number of nitrogens with zero attached hydrogens (tertiary/aromatic N) is 3. The van der Waals surface area contributed by atoms with E-state index in [1.807, 2.05) is 24.4 Å². The van der Waals surface area contributed by atoms with E-state index in [2.05, 4.69) is 177 Å². The summed E-state index contributed by atoms with van der Waals surface area (Å²) >= 11 is 0. The fourth-order valence-corrected chi connectivity index (χ4v) is 8.67. The second kappa shape index (κ2) is 13.6. The molecule has 2 aliphatic rings. The smallest absolute Gasteiger partial charge is 0.159 e. The highest BCUT2D eigenvalue weighted by Crippen LogP contribution is 2.62. The van der Waals surface area contributed by atoms with Crippen molar-refractivity contribution in [3.05, 3.63) is 229 Å². The van der Waals surface area contributed by atoms with Gasteiger partial charge >= 0.3 is 0 Å². The first-order chi connectivity index (χ1) is 27.6. The Morgan fingerprint density at radius 2 is 1.07 bits per heavy atom. The number of aromatic nitrogens is 3. The minimum atomic E-state index is -0.500. The molecule has 10 rings (SSSR count). The van der Waals surface area contributed by atoms with Crippen LogP contribution in [-0.2, 0) is 5.41 Å². The number of allylic oxidation sites excluding steroid dienone is 5. The van der Waals surface area contributed by atoms with Crippen LogP contribution in [0.2, 0.25) is 0 Å². The van der Waals surface area contributed by atoms with E-state index in [0.717, 1.165) is 67.4 Å². The van der Waals surface area contributed by atoms with Crippen LogP contribution in [0, 0.1) is 0 Å². The van der Waals surface area contributed by atoms with Crippen LogP contribution in [0.25, 0.3) is 72.7 Å². The van der Waals surface area contributed by atoms with E-state index >= 15 is 0 Å². The molecule has 0 saturated carbocycles. The molecule has 0 radical (unpaired) electrons. The Bertz CT molecular complexity index is 2820. The lowest BCUT2D eigenvalue weighted by Gasteiger charge is -2.29. The molecule has 2 aromatic heterocycles. The van der Waals surface area contributed by atoms with Gasteiger partial charge in [-0.3, -0.25) is 0 Å². The number of fused-ring (bicyclic) bond motifs is 10. The summed E-state index contributed by atoms with van der Waals surface area (Å²) in [5, 5.41) is 0. The highest BCUT2D eigenvalue weighted by atomic mass is 14.9. The summed E-state index contributed by atoms with van der Waals surface area (Å²) < 4.78 is 0. The zero-order valence-corrected chi connectivity index (χ0v) is 31.0. The lowest BCUT2D eigenvalue weighted by Crippen LogP contribution is -2.27. The quantitative estimate of drug-likeness (QED) is 0.154. The van der Waals surface area contributed by atoms with Crippen molar-refractivity contribution >= 4 is 5.57 Å². The Labute approximate surface area is 327 Å². The normalized spacial score (nSPS) is 13.3. The van der Waals surface area contributed by atoms with E-state index in [0.29, 0.717) is 0 Å². The van der Waals surface area contributed by atoms with Gasteiger partial charge in [-0.1, -0.05) is 176 Å². The van der Waals surface area contributed by atoms with Gasteiger partial charge in [-0.15, -0.1) is 0 Å². The number of hydrogen-bond acceptors (Lipinski definition) is 3. The van der Waals surface area contributed by atoms with E-state index in [-0.39, 0.29) is 0 Å². The van der Waals surface area contributed by atoms with Crippen molar-refractivity contribution in [1.82, 2.24) is 15.0 Å². The zero-order valence-electron chi connectivity index (χ0n) is 31.0. The van der Waals surface area contributed by atoms with Crippen molar-refractivity contribution in [3.63, 3.8) is 0 Å². The Balaban J connectivity index is 1.03. The van der Waals surface area contributed by atoms with Crippen molar-refractivity contribution in [1.29, 1.82) is 0 Å². The van der Waals surface area contributed by atoms with Gasteiger partial charge in [0.15, 0.2) is 5.82 Å². The predicted octanol–water partition coefficient (Wildman–Crippen LogP) is 13.0. The molecule has 264 valence electrons. The van der Waals surface area contributed by atoms with Gasteiger partial charge in [0, 0.05) is 22.9 Å². The molecule has 3 heteroatoms. The van der Waals surface area contributed by atoms with Crippen LogP contribution in [0.4, 0.5) is 0 Å². The standard InChI is InChI=1S/C53H37N3/c1-3-4-6-16-35(2)49-32-41(36-17-7-5-8-18-36)33-50(55-49)40-20-15-19-39(31-40)37-27-29-38(30-28-37)52-54-34-45-44-23-11-14-26-48(44)53(51(45)56-52)46-24-12-9-21-42(46)43-22-10-13-25-47(43)53/h3-34H,1H2,2H3/b6-4-,35-16+. The highest BCUT2D eigenvalue weighted by Gasteiger charge is 2.53. The van der Waals surface area contributed by atoms with Gasteiger partial charge in [-0.2, -0.15) is 0 Å². The molecular formula is C53H37N3. The number of hydrogen-bond donors (Lipinski definition) is 0. The highest BCUT2D eigenvalue weighted by molar-refractivity contribution is 5.94. The van der Waals surface area contributed by atoms with Gasteiger partial charge < -0.3 is 0 Å². The van der Waals surface area contributed by atoms with E-state index < -0.39 is 5.41 Å². The lowest BCUT2D eigenvalue weighted by atomic mass is 9.72. The maximum absolute atomic E-state index is 5.47. The van der Waals surface area contributed by atoms with E-state index in [4.69, 9.17) is 15.0 Å². The van der Waals surface area contributed by atoms with Crippen LogP contribution in [0.15, 0.2) is 201 Å². The van der Waals surface area contributed by atoms with Crippen LogP contribution in [0.1, 0.15) is 35.0 Å². The molecule has 0 fully saturated rings. The molecule has 6 aromatic carbocycles. The summed E-state index contributed by atoms with van der Waals surface area (Å²) in [5.74, 6) is 0.721. The summed E-state index contributed by atoms with van der Waals surface area (Å²) in [4.78, 5) is 15.6. The minimum Gasteiger partial charge on any atom is -0.248 e. The first-order valence-electron chi connectivity index (χ1n) is 19.1. The average Bonchev–Trinajstić information content (AvgIpc) is 3.74. The van der Waals surface area contributed by atoms with Crippen molar-refractivity contribution in [2.75, 3.05) is 0 Å². The first kappa shape index (κ1) is 33.3. The van der Waals surface area contributed by atoms with E-state index in [9.17, 15) is 0 Å². The molecule has 0 aliphatic heterocycles. The Kier molecular flexibility index (Phi) is 8.08. The van der Waals surface area contributed by atoms with Crippen LogP contribution >= 0.6 is 0 Å². The molecule has 56 heavy (non-hydrogen) atoms. The van der Waals surface area contributed by atoms with Gasteiger partial charge in [0.25, 0.3) is 0 Å². The third-order valence-corrected chi connectivity index (χ3v) is 11.3. The molecule has 2 aliphatic carbocycles. The molecule has 0 unspecified atom stereocenters. The van der Waals surface area contributed by atoms with Gasteiger partial charge in [0.2, 0.25) is 0 Å². The molecular weight excluding hydrogens is 679 g/mol. The largest absolute Gasteiger partial charge is 0.248 e. The summed E-state index contributed by atoms with van der Waals surface area (Å²) in [6, 6.07) is 58.5. The van der Waals surface area contributed by atoms with Gasteiger partial charge in [-0.25, -0.2) is 15.0 Å². The fraction of sp³-hybridized carbons (Fsp3) is 0.0377. The topological polar surface area (TPSA) is 38.7 Å².